The van der Waals surface area contributed by atoms with Crippen molar-refractivity contribution in [3.8, 4) is 0 Å². The number of alkyl carbamates (subject to hydrolysis) is 1. The van der Waals surface area contributed by atoms with E-state index < -0.39 is 27.5 Å². The molecule has 1 saturated heterocycles. The Morgan fingerprint density at radius 1 is 1.41 bits per heavy atom. The van der Waals surface area contributed by atoms with Crippen LogP contribution < -0.4 is 10.6 Å². The number of imide groups is 1. The smallest absolute Gasteiger partial charge is 0.415 e. The van der Waals surface area contributed by atoms with E-state index in [0.29, 0.717) is 6.42 Å². The molecular formula is C9H16N2O5S. The van der Waals surface area contributed by atoms with E-state index in [4.69, 9.17) is 0 Å². The molecule has 0 aliphatic carbocycles. The third kappa shape index (κ3) is 4.22. The van der Waals surface area contributed by atoms with Crippen LogP contribution in [-0.4, -0.2) is 44.2 Å². The van der Waals surface area contributed by atoms with Crippen LogP contribution in [0.15, 0.2) is 0 Å². The summed E-state index contributed by atoms with van der Waals surface area (Å²) in [6.45, 7) is 3.40. The molecule has 0 spiro atoms. The molecule has 1 aliphatic heterocycles. The van der Waals surface area contributed by atoms with Gasteiger partial charge in [0.15, 0.2) is 9.84 Å². The van der Waals surface area contributed by atoms with Gasteiger partial charge in [0.25, 0.3) is 0 Å². The molecule has 0 unspecified atom stereocenters. The van der Waals surface area contributed by atoms with Gasteiger partial charge in [-0.25, -0.2) is 23.3 Å². The van der Waals surface area contributed by atoms with E-state index in [1.54, 1.807) is 13.8 Å². The number of rotatable bonds is 2. The van der Waals surface area contributed by atoms with Crippen LogP contribution in [0.1, 0.15) is 20.3 Å². The number of sulfone groups is 1. The number of carbonyl (C=O) groups excluding carboxylic acids is 2. The van der Waals surface area contributed by atoms with Crippen LogP contribution in [0.3, 0.4) is 0 Å². The Bertz CT molecular complexity index is 419. The topological polar surface area (TPSA) is 102 Å². The van der Waals surface area contributed by atoms with E-state index in [1.165, 1.54) is 0 Å². The summed E-state index contributed by atoms with van der Waals surface area (Å²) in [5.74, 6) is -0.0700. The van der Waals surface area contributed by atoms with Crippen LogP contribution in [0.2, 0.25) is 0 Å². The molecule has 8 heteroatoms. The maximum absolute atomic E-state index is 11.4. The third-order valence-corrected chi connectivity index (χ3v) is 4.31. The molecule has 17 heavy (non-hydrogen) atoms. The Kier molecular flexibility index (Phi) is 3.97. The van der Waals surface area contributed by atoms with E-state index in [9.17, 15) is 18.0 Å². The second-order valence-electron chi connectivity index (χ2n) is 4.20. The molecule has 0 saturated carbocycles. The average Bonchev–Trinajstić information content (AvgIpc) is 2.39. The standard InChI is InChI=1S/C9H16N2O5S/c1-3-16-8(13)10-7(12)11-9(2)4-5-17(14,15)6-9/h3-6H2,1-2H3,(H2,10,11,12,13)/t9-/m1/s1. The maximum Gasteiger partial charge on any atom is 0.415 e. The minimum Gasteiger partial charge on any atom is -0.450 e. The highest BCUT2D eigenvalue weighted by molar-refractivity contribution is 7.91. The lowest BCUT2D eigenvalue weighted by Gasteiger charge is -2.23. The highest BCUT2D eigenvalue weighted by Crippen LogP contribution is 2.22. The summed E-state index contributed by atoms with van der Waals surface area (Å²) in [5, 5.41) is 4.42. The monoisotopic (exact) mass is 264 g/mol. The second kappa shape index (κ2) is 4.91. The number of urea groups is 1. The highest BCUT2D eigenvalue weighted by atomic mass is 32.2. The van der Waals surface area contributed by atoms with Gasteiger partial charge in [0.1, 0.15) is 0 Å². The number of hydrogen-bond donors (Lipinski definition) is 2. The van der Waals surface area contributed by atoms with Crippen LogP contribution in [0, 0.1) is 0 Å². The van der Waals surface area contributed by atoms with Crippen LogP contribution in [0.5, 0.6) is 0 Å². The quantitative estimate of drug-likeness (QED) is 0.732. The van der Waals surface area contributed by atoms with Gasteiger partial charge in [-0.1, -0.05) is 0 Å². The maximum atomic E-state index is 11.4. The van der Waals surface area contributed by atoms with Crippen LogP contribution in [-0.2, 0) is 14.6 Å². The summed E-state index contributed by atoms with van der Waals surface area (Å²) >= 11 is 0. The fourth-order valence-corrected chi connectivity index (χ4v) is 3.77. The SMILES string of the molecule is CCOC(=O)NC(=O)N[C@]1(C)CCS(=O)(=O)C1. The molecule has 0 aromatic heterocycles. The molecule has 0 aromatic rings. The fourth-order valence-electron chi connectivity index (χ4n) is 1.67. The van der Waals surface area contributed by atoms with Gasteiger partial charge in [-0.3, -0.25) is 0 Å². The van der Waals surface area contributed by atoms with Gasteiger partial charge in [-0.05, 0) is 20.3 Å². The Labute approximate surface area is 99.8 Å². The molecule has 0 bridgehead atoms. The van der Waals surface area contributed by atoms with Crippen LogP contribution in [0.25, 0.3) is 0 Å². The molecule has 2 N–H and O–H groups in total. The predicted molar refractivity (Wildman–Crippen MR) is 60.4 cm³/mol. The predicted octanol–water partition coefficient (Wildman–Crippen LogP) is 0.0193. The Morgan fingerprint density at radius 2 is 2.06 bits per heavy atom. The van der Waals surface area contributed by atoms with Gasteiger partial charge in [0, 0.05) is 0 Å². The van der Waals surface area contributed by atoms with Crippen molar-refractivity contribution < 1.29 is 22.7 Å². The van der Waals surface area contributed by atoms with Crippen molar-refractivity contribution in [2.24, 2.45) is 0 Å². The lowest BCUT2D eigenvalue weighted by Crippen LogP contribution is -2.52. The molecule has 1 aliphatic rings. The summed E-state index contributed by atoms with van der Waals surface area (Å²) in [6, 6.07) is -0.747. The zero-order chi connectivity index (χ0) is 13.1. The molecule has 7 nitrogen and oxygen atoms in total. The molecule has 0 radical (unpaired) electrons. The van der Waals surface area contributed by atoms with Gasteiger partial charge < -0.3 is 10.1 Å². The average molecular weight is 264 g/mol. The molecule has 3 amide bonds. The third-order valence-electron chi connectivity index (χ3n) is 2.41. The van der Waals surface area contributed by atoms with Crippen molar-refractivity contribution in [1.29, 1.82) is 0 Å². The number of carbonyl (C=O) groups is 2. The Balaban J connectivity index is 2.49. The summed E-state index contributed by atoms with van der Waals surface area (Å²) in [4.78, 5) is 22.3. The molecular weight excluding hydrogens is 248 g/mol. The van der Waals surface area contributed by atoms with Gasteiger partial charge in [0.2, 0.25) is 0 Å². The second-order valence-corrected chi connectivity index (χ2v) is 6.39. The first-order chi connectivity index (χ1) is 7.76. The van der Waals surface area contributed by atoms with Crippen molar-refractivity contribution in [2.75, 3.05) is 18.1 Å². The minimum absolute atomic E-state index is 0.0448. The van der Waals surface area contributed by atoms with Crippen molar-refractivity contribution >= 4 is 22.0 Å². The van der Waals surface area contributed by atoms with E-state index >= 15 is 0 Å². The van der Waals surface area contributed by atoms with Crippen molar-refractivity contribution in [2.45, 2.75) is 25.8 Å². The molecule has 0 aromatic carbocycles. The zero-order valence-corrected chi connectivity index (χ0v) is 10.6. The number of nitrogens with one attached hydrogen (secondary N) is 2. The van der Waals surface area contributed by atoms with Crippen molar-refractivity contribution in [3.05, 3.63) is 0 Å². The van der Waals surface area contributed by atoms with Crippen LogP contribution >= 0.6 is 0 Å². The number of amides is 3. The largest absolute Gasteiger partial charge is 0.450 e. The summed E-state index contributed by atoms with van der Waals surface area (Å²) in [6.07, 6.45) is -0.513. The van der Waals surface area contributed by atoms with E-state index in [1.807, 2.05) is 5.32 Å². The van der Waals surface area contributed by atoms with Crippen molar-refractivity contribution in [1.82, 2.24) is 10.6 Å². The van der Waals surface area contributed by atoms with E-state index in [2.05, 4.69) is 10.1 Å². The Hall–Kier alpha value is -1.31. The van der Waals surface area contributed by atoms with Gasteiger partial charge in [-0.15, -0.1) is 0 Å². The summed E-state index contributed by atoms with van der Waals surface area (Å²) in [5.41, 5.74) is -0.824. The Morgan fingerprint density at radius 3 is 2.53 bits per heavy atom. The minimum atomic E-state index is -3.10. The molecule has 1 rings (SSSR count). The molecule has 98 valence electrons. The first kappa shape index (κ1) is 13.8. The van der Waals surface area contributed by atoms with Gasteiger partial charge >= 0.3 is 12.1 Å². The molecule has 1 heterocycles. The molecule has 1 fully saturated rings. The first-order valence-electron chi connectivity index (χ1n) is 5.23. The van der Waals surface area contributed by atoms with Gasteiger partial charge in [-0.2, -0.15) is 0 Å². The number of ether oxygens (including phenoxy) is 1. The summed E-state index contributed by atoms with van der Waals surface area (Å²) in [7, 11) is -3.10. The lowest BCUT2D eigenvalue weighted by molar-refractivity contribution is 0.152. The van der Waals surface area contributed by atoms with Crippen LogP contribution in [0.4, 0.5) is 9.59 Å². The number of hydrogen-bond acceptors (Lipinski definition) is 5. The molecule has 1 atom stereocenters. The lowest BCUT2D eigenvalue weighted by atomic mass is 10.0. The van der Waals surface area contributed by atoms with E-state index in [0.717, 1.165) is 0 Å². The van der Waals surface area contributed by atoms with E-state index in [-0.39, 0.29) is 18.1 Å². The first-order valence-corrected chi connectivity index (χ1v) is 7.05. The highest BCUT2D eigenvalue weighted by Gasteiger charge is 2.39. The fraction of sp³-hybridized carbons (Fsp3) is 0.778. The normalized spacial score (nSPS) is 26.2. The zero-order valence-electron chi connectivity index (χ0n) is 9.78. The van der Waals surface area contributed by atoms with Crippen molar-refractivity contribution in [3.63, 3.8) is 0 Å². The van der Waals surface area contributed by atoms with Gasteiger partial charge in [0.05, 0.1) is 23.7 Å². The summed E-state index contributed by atoms with van der Waals surface area (Å²) < 4.78 is 27.1.